The molecule has 8 nitrogen and oxygen atoms in total. The number of rotatable bonds is 9. The summed E-state index contributed by atoms with van der Waals surface area (Å²) in [5.74, 6) is -1.11. The first kappa shape index (κ1) is 16.1. The van der Waals surface area contributed by atoms with Gasteiger partial charge in [-0.2, -0.15) is 0 Å². The zero-order valence-electron chi connectivity index (χ0n) is 9.30. The Hall–Kier alpha value is -0.950. The van der Waals surface area contributed by atoms with E-state index < -0.39 is 25.9 Å². The Labute approximate surface area is 98.9 Å². The largest absolute Gasteiger partial charge is 0.480 e. The third kappa shape index (κ3) is 9.95. The Morgan fingerprint density at radius 1 is 1.41 bits per heavy atom. The first-order chi connectivity index (χ1) is 7.72. The Kier molecular flexibility index (Phi) is 6.98. The van der Waals surface area contributed by atoms with Crippen molar-refractivity contribution >= 4 is 19.4 Å². The van der Waals surface area contributed by atoms with Crippen molar-refractivity contribution in [3.05, 3.63) is 0 Å². The summed E-state index contributed by atoms with van der Waals surface area (Å²) < 4.78 is 10.6. The van der Waals surface area contributed by atoms with Gasteiger partial charge in [0.1, 0.15) is 6.04 Å². The Bertz CT molecular complexity index is 316. The van der Waals surface area contributed by atoms with Gasteiger partial charge in [0.15, 0.2) is 0 Å². The molecule has 0 spiro atoms. The van der Waals surface area contributed by atoms with Crippen LogP contribution in [0.25, 0.3) is 0 Å². The predicted octanol–water partition coefficient (Wildman–Crippen LogP) is -0.339. The molecule has 17 heavy (non-hydrogen) atoms. The van der Waals surface area contributed by atoms with Gasteiger partial charge < -0.3 is 20.6 Å². The third-order valence-corrected chi connectivity index (χ3v) is 2.63. The summed E-state index contributed by atoms with van der Waals surface area (Å²) in [7, 11) is -4.24. The molecular weight excluding hydrogens is 249 g/mol. The van der Waals surface area contributed by atoms with Crippen LogP contribution in [0.1, 0.15) is 25.7 Å². The molecule has 0 saturated heterocycles. The summed E-state index contributed by atoms with van der Waals surface area (Å²) in [4.78, 5) is 28.0. The fraction of sp³-hybridized carbons (Fsp3) is 0.750. The van der Waals surface area contributed by atoms with E-state index in [2.05, 4.69) is 5.32 Å². The first-order valence-electron chi connectivity index (χ1n) is 5.06. The Morgan fingerprint density at radius 2 is 2.00 bits per heavy atom. The maximum Gasteiger partial charge on any atom is 0.339 e. The van der Waals surface area contributed by atoms with E-state index >= 15 is 0 Å². The summed E-state index contributed by atoms with van der Waals surface area (Å²) in [6.07, 6.45) is 1.07. The summed E-state index contributed by atoms with van der Waals surface area (Å²) in [5.41, 5.74) is 5.13. The minimum Gasteiger partial charge on any atom is -0.480 e. The number of carbonyl (C=O) groups is 1. The highest BCUT2D eigenvalue weighted by molar-refractivity contribution is 7.51. The number of nitrogens with one attached hydrogen (secondary N) is 2. The van der Waals surface area contributed by atoms with E-state index in [9.17, 15) is 9.36 Å². The topological polar surface area (TPSA) is 157 Å². The fourth-order valence-electron chi connectivity index (χ4n) is 1.21. The summed E-state index contributed by atoms with van der Waals surface area (Å²) in [6, 6.07) is -0.991. The van der Waals surface area contributed by atoms with Gasteiger partial charge in [0.2, 0.25) is 0 Å². The van der Waals surface area contributed by atoms with Crippen molar-refractivity contribution in [1.82, 2.24) is 5.32 Å². The highest BCUT2D eigenvalue weighted by Gasteiger charge is 2.21. The Morgan fingerprint density at radius 3 is 2.41 bits per heavy atom. The third-order valence-electron chi connectivity index (χ3n) is 2.03. The SMILES string of the molecule is N=C(N)CCCCC(NCP(=O)(O)O)C(=O)O. The molecule has 0 aliphatic rings. The van der Waals surface area contributed by atoms with Crippen molar-refractivity contribution < 1.29 is 24.3 Å². The van der Waals surface area contributed by atoms with E-state index in [1.54, 1.807) is 0 Å². The van der Waals surface area contributed by atoms with E-state index in [0.717, 1.165) is 0 Å². The molecule has 0 saturated carbocycles. The molecule has 0 radical (unpaired) electrons. The maximum atomic E-state index is 10.8. The quantitative estimate of drug-likeness (QED) is 0.144. The normalized spacial score (nSPS) is 13.3. The molecule has 0 rings (SSSR count). The molecular formula is C8H18N3O5P. The number of hydrogen-bond acceptors (Lipinski definition) is 4. The Balaban J connectivity index is 3.96. The lowest BCUT2D eigenvalue weighted by molar-refractivity contribution is -0.139. The van der Waals surface area contributed by atoms with Gasteiger partial charge in [0.25, 0.3) is 0 Å². The fourth-order valence-corrected chi connectivity index (χ4v) is 1.66. The second-order valence-corrected chi connectivity index (χ2v) is 5.33. The lowest BCUT2D eigenvalue weighted by Gasteiger charge is -2.14. The van der Waals surface area contributed by atoms with Crippen LogP contribution in [0.15, 0.2) is 0 Å². The van der Waals surface area contributed by atoms with E-state index in [1.807, 2.05) is 0 Å². The highest BCUT2D eigenvalue weighted by Crippen LogP contribution is 2.32. The van der Waals surface area contributed by atoms with E-state index in [-0.39, 0.29) is 12.3 Å². The zero-order valence-corrected chi connectivity index (χ0v) is 10.2. The molecule has 0 aromatic heterocycles. The van der Waals surface area contributed by atoms with Gasteiger partial charge in [0, 0.05) is 6.42 Å². The van der Waals surface area contributed by atoms with Crippen LogP contribution in [0.3, 0.4) is 0 Å². The molecule has 100 valence electrons. The van der Waals surface area contributed by atoms with Gasteiger partial charge >= 0.3 is 13.6 Å². The van der Waals surface area contributed by atoms with Gasteiger partial charge in [-0.1, -0.05) is 6.42 Å². The van der Waals surface area contributed by atoms with Gasteiger partial charge in [-0.05, 0) is 12.8 Å². The van der Waals surface area contributed by atoms with Crippen molar-refractivity contribution in [3.8, 4) is 0 Å². The standard InChI is InChI=1S/C8H18N3O5P/c9-7(10)4-2-1-3-6(8(12)13)11-5-17(14,15)16/h6,11H,1-5H2,(H3,9,10)(H,12,13)(H2,14,15,16). The minimum absolute atomic E-state index is 0.0417. The van der Waals surface area contributed by atoms with Crippen LogP contribution in [-0.2, 0) is 9.36 Å². The molecule has 0 aliphatic heterocycles. The predicted molar refractivity (Wildman–Crippen MR) is 61.9 cm³/mol. The van der Waals surface area contributed by atoms with Crippen LogP contribution in [-0.4, -0.2) is 39.0 Å². The van der Waals surface area contributed by atoms with E-state index in [1.165, 1.54) is 0 Å². The van der Waals surface area contributed by atoms with Gasteiger partial charge in [-0.15, -0.1) is 0 Å². The van der Waals surface area contributed by atoms with Crippen molar-refractivity contribution in [2.75, 3.05) is 6.29 Å². The molecule has 0 heterocycles. The number of nitrogens with two attached hydrogens (primary N) is 1. The molecule has 0 amide bonds. The minimum atomic E-state index is -4.24. The lowest BCUT2D eigenvalue weighted by Crippen LogP contribution is -2.37. The lowest BCUT2D eigenvalue weighted by atomic mass is 10.1. The molecule has 0 aliphatic carbocycles. The van der Waals surface area contributed by atoms with Gasteiger partial charge in [0.05, 0.1) is 12.1 Å². The van der Waals surface area contributed by atoms with Crippen LogP contribution in [0.5, 0.6) is 0 Å². The highest BCUT2D eigenvalue weighted by atomic mass is 31.2. The van der Waals surface area contributed by atoms with E-state index in [4.69, 9.17) is 26.0 Å². The monoisotopic (exact) mass is 267 g/mol. The second-order valence-electron chi connectivity index (χ2n) is 3.69. The maximum absolute atomic E-state index is 10.8. The molecule has 1 atom stereocenters. The van der Waals surface area contributed by atoms with E-state index in [0.29, 0.717) is 19.3 Å². The number of unbranched alkanes of at least 4 members (excludes halogenated alkanes) is 1. The molecule has 0 aromatic rings. The number of aliphatic carboxylic acids is 1. The van der Waals surface area contributed by atoms with Crippen LogP contribution in [0.4, 0.5) is 0 Å². The molecule has 0 aromatic carbocycles. The van der Waals surface area contributed by atoms with Crippen molar-refractivity contribution in [2.24, 2.45) is 5.73 Å². The summed E-state index contributed by atoms with van der Waals surface area (Å²) >= 11 is 0. The second kappa shape index (κ2) is 7.39. The zero-order chi connectivity index (χ0) is 13.5. The molecule has 7 N–H and O–H groups in total. The molecule has 1 unspecified atom stereocenters. The van der Waals surface area contributed by atoms with Crippen molar-refractivity contribution in [1.29, 1.82) is 5.41 Å². The van der Waals surface area contributed by atoms with Crippen molar-refractivity contribution in [2.45, 2.75) is 31.7 Å². The van der Waals surface area contributed by atoms with Gasteiger partial charge in [-0.25, -0.2) is 0 Å². The summed E-state index contributed by atoms with van der Waals surface area (Å²) in [6.45, 7) is 0. The van der Waals surface area contributed by atoms with Crippen molar-refractivity contribution in [3.63, 3.8) is 0 Å². The number of carboxylic acid groups (broad SMARTS) is 1. The smallest absolute Gasteiger partial charge is 0.339 e. The summed E-state index contributed by atoms with van der Waals surface area (Å²) in [5, 5.41) is 18.1. The first-order valence-corrected chi connectivity index (χ1v) is 6.86. The van der Waals surface area contributed by atoms with Crippen LogP contribution in [0.2, 0.25) is 0 Å². The van der Waals surface area contributed by atoms with Crippen LogP contribution < -0.4 is 11.1 Å². The number of hydrogen-bond donors (Lipinski definition) is 6. The molecule has 0 bridgehead atoms. The van der Waals surface area contributed by atoms with Gasteiger partial charge in [-0.3, -0.25) is 20.1 Å². The molecule has 0 fully saturated rings. The van der Waals surface area contributed by atoms with Crippen LogP contribution >= 0.6 is 7.60 Å². The number of carboxylic acids is 1. The molecule has 9 heteroatoms. The average Bonchev–Trinajstić information content (AvgIpc) is 2.13. The average molecular weight is 267 g/mol. The number of amidine groups is 1. The van der Waals surface area contributed by atoms with Crippen LogP contribution in [0, 0.1) is 5.41 Å².